The first-order valence-electron chi connectivity index (χ1n) is 8.56. The molecule has 2 aromatic rings. The van der Waals surface area contributed by atoms with E-state index in [9.17, 15) is 9.59 Å². The Morgan fingerprint density at radius 3 is 2.24 bits per heavy atom. The maximum Gasteiger partial charge on any atom is 0.255 e. The van der Waals surface area contributed by atoms with Crippen molar-refractivity contribution >= 4 is 23.2 Å². The molecule has 25 heavy (non-hydrogen) atoms. The van der Waals surface area contributed by atoms with Gasteiger partial charge >= 0.3 is 0 Å². The fourth-order valence-electron chi connectivity index (χ4n) is 2.24. The van der Waals surface area contributed by atoms with Crippen LogP contribution in [0.15, 0.2) is 48.5 Å². The van der Waals surface area contributed by atoms with Gasteiger partial charge in [0.05, 0.1) is 6.61 Å². The van der Waals surface area contributed by atoms with Gasteiger partial charge < -0.3 is 15.4 Å². The number of ether oxygens (including phenoxy) is 1. The van der Waals surface area contributed by atoms with Gasteiger partial charge in [0.25, 0.3) is 5.91 Å². The van der Waals surface area contributed by atoms with Crippen LogP contribution in [0.25, 0.3) is 0 Å². The molecule has 2 rings (SSSR count). The molecule has 2 N–H and O–H groups in total. The van der Waals surface area contributed by atoms with E-state index in [2.05, 4.69) is 10.6 Å². The molecule has 0 heterocycles. The first-order chi connectivity index (χ1) is 12.1. The molecule has 2 aromatic carbocycles. The lowest BCUT2D eigenvalue weighted by molar-refractivity contribution is -0.116. The Morgan fingerprint density at radius 1 is 0.920 bits per heavy atom. The fraction of sp³-hybridized carbons (Fsp3) is 0.300. The molecule has 0 atom stereocenters. The Balaban J connectivity index is 1.97. The lowest BCUT2D eigenvalue weighted by atomic mass is 10.2. The predicted octanol–water partition coefficient (Wildman–Crippen LogP) is 4.47. The lowest BCUT2D eigenvalue weighted by Gasteiger charge is -2.09. The minimum absolute atomic E-state index is 0.0109. The number of amides is 2. The highest BCUT2D eigenvalue weighted by atomic mass is 16.5. The van der Waals surface area contributed by atoms with E-state index < -0.39 is 0 Å². The Morgan fingerprint density at radius 2 is 1.60 bits per heavy atom. The maximum absolute atomic E-state index is 12.4. The maximum atomic E-state index is 12.4. The monoisotopic (exact) mass is 340 g/mol. The van der Waals surface area contributed by atoms with E-state index in [1.165, 1.54) is 0 Å². The van der Waals surface area contributed by atoms with E-state index in [0.29, 0.717) is 35.7 Å². The number of hydrogen-bond donors (Lipinski definition) is 2. The van der Waals surface area contributed by atoms with Crippen LogP contribution in [0.1, 0.15) is 43.5 Å². The fourth-order valence-corrected chi connectivity index (χ4v) is 2.24. The zero-order valence-electron chi connectivity index (χ0n) is 14.7. The van der Waals surface area contributed by atoms with Crippen molar-refractivity contribution in [3.05, 3.63) is 54.1 Å². The van der Waals surface area contributed by atoms with Crippen molar-refractivity contribution in [1.29, 1.82) is 0 Å². The quantitative estimate of drug-likeness (QED) is 0.745. The second-order valence-electron chi connectivity index (χ2n) is 5.71. The van der Waals surface area contributed by atoms with Crippen molar-refractivity contribution in [1.82, 2.24) is 0 Å². The third-order valence-corrected chi connectivity index (χ3v) is 3.47. The third-order valence-electron chi connectivity index (χ3n) is 3.47. The van der Waals surface area contributed by atoms with Crippen LogP contribution < -0.4 is 15.4 Å². The molecule has 5 nitrogen and oxygen atoms in total. The highest BCUT2D eigenvalue weighted by Gasteiger charge is 2.08. The summed E-state index contributed by atoms with van der Waals surface area (Å²) in [6, 6.07) is 14.2. The van der Waals surface area contributed by atoms with Gasteiger partial charge in [0.2, 0.25) is 5.91 Å². The Bertz CT molecular complexity index is 711. The van der Waals surface area contributed by atoms with Crippen molar-refractivity contribution in [2.75, 3.05) is 17.2 Å². The lowest BCUT2D eigenvalue weighted by Crippen LogP contribution is -2.13. The molecule has 0 aromatic heterocycles. The highest BCUT2D eigenvalue weighted by molar-refractivity contribution is 6.04. The van der Waals surface area contributed by atoms with Crippen molar-refractivity contribution < 1.29 is 14.3 Å². The average molecular weight is 340 g/mol. The molecule has 5 heteroatoms. The first kappa shape index (κ1) is 18.5. The Hall–Kier alpha value is -2.82. The second-order valence-corrected chi connectivity index (χ2v) is 5.71. The zero-order valence-corrected chi connectivity index (χ0v) is 14.7. The van der Waals surface area contributed by atoms with Gasteiger partial charge in [0.15, 0.2) is 0 Å². The second kappa shape index (κ2) is 9.47. The van der Waals surface area contributed by atoms with E-state index in [1.54, 1.807) is 42.5 Å². The summed E-state index contributed by atoms with van der Waals surface area (Å²) in [5.41, 5.74) is 1.92. The van der Waals surface area contributed by atoms with Gasteiger partial charge in [-0.1, -0.05) is 19.9 Å². The molecule has 0 aliphatic heterocycles. The molecule has 0 fully saturated rings. The van der Waals surface area contributed by atoms with E-state index in [-0.39, 0.29) is 11.8 Å². The summed E-state index contributed by atoms with van der Waals surface area (Å²) in [6.45, 7) is 4.61. The van der Waals surface area contributed by atoms with Gasteiger partial charge in [-0.25, -0.2) is 0 Å². The minimum Gasteiger partial charge on any atom is -0.494 e. The smallest absolute Gasteiger partial charge is 0.255 e. The van der Waals surface area contributed by atoms with Gasteiger partial charge in [-0.05, 0) is 55.3 Å². The number of carbonyl (C=O) groups is 2. The molecular weight excluding hydrogens is 316 g/mol. The van der Waals surface area contributed by atoms with Crippen molar-refractivity contribution in [2.24, 2.45) is 0 Å². The van der Waals surface area contributed by atoms with Crippen LogP contribution in [-0.4, -0.2) is 18.4 Å². The van der Waals surface area contributed by atoms with Crippen LogP contribution in [0.3, 0.4) is 0 Å². The highest BCUT2D eigenvalue weighted by Crippen LogP contribution is 2.17. The van der Waals surface area contributed by atoms with Crippen LogP contribution in [0, 0.1) is 0 Å². The summed E-state index contributed by atoms with van der Waals surface area (Å²) < 4.78 is 5.55. The van der Waals surface area contributed by atoms with Crippen LogP contribution in [0.5, 0.6) is 5.75 Å². The minimum atomic E-state index is -0.204. The summed E-state index contributed by atoms with van der Waals surface area (Å²) in [5, 5.41) is 5.65. The largest absolute Gasteiger partial charge is 0.494 e. The molecule has 0 spiro atoms. The van der Waals surface area contributed by atoms with E-state index in [4.69, 9.17) is 4.74 Å². The standard InChI is InChI=1S/C20H24N2O3/c1-3-6-19(23)21-16-9-11-17(12-10-16)22-20(24)15-7-5-8-18(14-15)25-13-4-2/h5,7-12,14H,3-4,6,13H2,1-2H3,(H,21,23)(H,22,24). The Kier molecular flexibility index (Phi) is 7.01. The molecular formula is C20H24N2O3. The van der Waals surface area contributed by atoms with Gasteiger partial charge in [-0.2, -0.15) is 0 Å². The predicted molar refractivity (Wildman–Crippen MR) is 100 cm³/mol. The Labute approximate surface area is 148 Å². The summed E-state index contributed by atoms with van der Waals surface area (Å²) in [4.78, 5) is 23.9. The van der Waals surface area contributed by atoms with Crippen molar-refractivity contribution in [3.8, 4) is 5.75 Å². The number of nitrogens with one attached hydrogen (secondary N) is 2. The number of anilines is 2. The van der Waals surface area contributed by atoms with Crippen molar-refractivity contribution in [3.63, 3.8) is 0 Å². The normalized spacial score (nSPS) is 10.2. The van der Waals surface area contributed by atoms with Crippen LogP contribution >= 0.6 is 0 Å². The van der Waals surface area contributed by atoms with Crippen LogP contribution in [-0.2, 0) is 4.79 Å². The molecule has 0 aliphatic rings. The summed E-state index contributed by atoms with van der Waals surface area (Å²) in [7, 11) is 0. The topological polar surface area (TPSA) is 67.4 Å². The van der Waals surface area contributed by atoms with Crippen LogP contribution in [0.2, 0.25) is 0 Å². The number of benzene rings is 2. The molecule has 132 valence electrons. The third kappa shape index (κ3) is 5.95. The van der Waals surface area contributed by atoms with Gasteiger partial charge in [0, 0.05) is 23.4 Å². The average Bonchev–Trinajstić information content (AvgIpc) is 2.62. The zero-order chi connectivity index (χ0) is 18.1. The SMILES string of the molecule is CCCOc1cccc(C(=O)Nc2ccc(NC(=O)CCC)cc2)c1. The van der Waals surface area contributed by atoms with E-state index in [1.807, 2.05) is 19.9 Å². The van der Waals surface area contributed by atoms with E-state index in [0.717, 1.165) is 12.8 Å². The van der Waals surface area contributed by atoms with Gasteiger partial charge in [0.1, 0.15) is 5.75 Å². The molecule has 2 amide bonds. The van der Waals surface area contributed by atoms with Gasteiger partial charge in [-0.3, -0.25) is 9.59 Å². The molecule has 0 bridgehead atoms. The molecule has 0 saturated heterocycles. The molecule has 0 saturated carbocycles. The molecule has 0 aliphatic carbocycles. The van der Waals surface area contributed by atoms with Gasteiger partial charge in [-0.15, -0.1) is 0 Å². The number of carbonyl (C=O) groups excluding carboxylic acids is 2. The first-order valence-corrected chi connectivity index (χ1v) is 8.56. The molecule has 0 radical (unpaired) electrons. The summed E-state index contributed by atoms with van der Waals surface area (Å²) >= 11 is 0. The van der Waals surface area contributed by atoms with E-state index >= 15 is 0 Å². The van der Waals surface area contributed by atoms with Crippen LogP contribution in [0.4, 0.5) is 11.4 Å². The summed E-state index contributed by atoms with van der Waals surface area (Å²) in [5.74, 6) is 0.469. The molecule has 0 unspecified atom stereocenters. The van der Waals surface area contributed by atoms with Crippen molar-refractivity contribution in [2.45, 2.75) is 33.1 Å². The summed E-state index contributed by atoms with van der Waals surface area (Å²) in [6.07, 6.45) is 2.22. The number of rotatable bonds is 8. The number of hydrogen-bond acceptors (Lipinski definition) is 3.